The van der Waals surface area contributed by atoms with E-state index in [2.05, 4.69) is 10.3 Å². The van der Waals surface area contributed by atoms with Crippen LogP contribution >= 0.6 is 0 Å². The van der Waals surface area contributed by atoms with Gasteiger partial charge < -0.3 is 11.1 Å². The van der Waals surface area contributed by atoms with Crippen LogP contribution in [0, 0.1) is 0 Å². The van der Waals surface area contributed by atoms with Crippen molar-refractivity contribution >= 4 is 23.1 Å². The fourth-order valence-corrected chi connectivity index (χ4v) is 3.25. The van der Waals surface area contributed by atoms with Gasteiger partial charge >= 0.3 is 0 Å². The Kier molecular flexibility index (Phi) is 2.76. The van der Waals surface area contributed by atoms with Gasteiger partial charge in [0.05, 0.1) is 11.4 Å². The van der Waals surface area contributed by atoms with E-state index in [1.807, 2.05) is 12.1 Å². The van der Waals surface area contributed by atoms with E-state index in [-0.39, 0.29) is 11.7 Å². The Hall–Kier alpha value is -2.69. The molecular formula is C17H15N3O2. The minimum Gasteiger partial charge on any atom is -0.399 e. The highest BCUT2D eigenvalue weighted by Crippen LogP contribution is 2.38. The van der Waals surface area contributed by atoms with Crippen molar-refractivity contribution in [1.82, 2.24) is 4.98 Å². The quantitative estimate of drug-likeness (QED) is 0.790. The van der Waals surface area contributed by atoms with E-state index in [4.69, 9.17) is 5.73 Å². The zero-order chi connectivity index (χ0) is 15.3. The van der Waals surface area contributed by atoms with E-state index in [0.717, 1.165) is 29.8 Å². The van der Waals surface area contributed by atoms with Crippen LogP contribution in [-0.4, -0.2) is 16.7 Å². The molecular weight excluding hydrogens is 278 g/mol. The average Bonchev–Trinajstić information content (AvgIpc) is 2.82. The predicted molar refractivity (Wildman–Crippen MR) is 82.8 cm³/mol. The fraction of sp³-hybridized carbons (Fsp3) is 0.235. The number of benzene rings is 1. The van der Waals surface area contributed by atoms with Crippen molar-refractivity contribution in [3.05, 3.63) is 52.8 Å². The van der Waals surface area contributed by atoms with E-state index in [9.17, 15) is 9.59 Å². The lowest BCUT2D eigenvalue weighted by molar-refractivity contribution is -0.116. The normalized spacial score (nSPS) is 19.5. The summed E-state index contributed by atoms with van der Waals surface area (Å²) in [7, 11) is 0. The van der Waals surface area contributed by atoms with Crippen LogP contribution in [0.4, 0.5) is 11.4 Å². The first-order valence-electron chi connectivity index (χ1n) is 7.37. The smallest absolute Gasteiger partial charge is 0.238 e. The van der Waals surface area contributed by atoms with Crippen molar-refractivity contribution < 1.29 is 9.59 Å². The van der Waals surface area contributed by atoms with Crippen LogP contribution in [0.15, 0.2) is 30.3 Å². The third-order valence-corrected chi connectivity index (χ3v) is 4.32. The minimum atomic E-state index is -0.458. The predicted octanol–water partition coefficient (Wildman–Crippen LogP) is 2.27. The molecule has 0 bridgehead atoms. The van der Waals surface area contributed by atoms with Crippen LogP contribution in [0.5, 0.6) is 0 Å². The first-order valence-corrected chi connectivity index (χ1v) is 7.37. The van der Waals surface area contributed by atoms with Crippen LogP contribution in [0.3, 0.4) is 0 Å². The number of amides is 1. The van der Waals surface area contributed by atoms with Crippen molar-refractivity contribution in [2.24, 2.45) is 0 Å². The van der Waals surface area contributed by atoms with Gasteiger partial charge in [-0.25, -0.2) is 0 Å². The number of fused-ring (bicyclic) bond motifs is 2. The van der Waals surface area contributed by atoms with Gasteiger partial charge in [0.25, 0.3) is 0 Å². The number of nitrogens with zero attached hydrogens (tertiary/aromatic N) is 1. The number of ketones is 1. The Balaban J connectivity index is 1.81. The topological polar surface area (TPSA) is 85.1 Å². The van der Waals surface area contributed by atoms with Gasteiger partial charge in [-0.05, 0) is 48.7 Å². The molecule has 2 heterocycles. The van der Waals surface area contributed by atoms with E-state index in [1.54, 1.807) is 18.2 Å². The standard InChI is InChI=1S/C17H15N3O2/c18-9-4-6-13-11(8-9)16(17(22)20-13)14-7-5-10-12(19-14)2-1-3-15(10)21/h4-8,16H,1-3,18H2,(H,20,22). The Morgan fingerprint density at radius 2 is 2.00 bits per heavy atom. The number of anilines is 2. The number of nitrogens with one attached hydrogen (secondary N) is 1. The highest BCUT2D eigenvalue weighted by molar-refractivity contribution is 6.05. The monoisotopic (exact) mass is 293 g/mol. The van der Waals surface area contributed by atoms with Crippen LogP contribution in [0.1, 0.15) is 46.1 Å². The number of aromatic nitrogens is 1. The third kappa shape index (κ3) is 1.89. The zero-order valence-electron chi connectivity index (χ0n) is 11.9. The van der Waals surface area contributed by atoms with Gasteiger partial charge in [0.2, 0.25) is 5.91 Å². The summed E-state index contributed by atoms with van der Waals surface area (Å²) in [4.78, 5) is 28.8. The molecule has 2 aliphatic rings. The second-order valence-electron chi connectivity index (χ2n) is 5.78. The van der Waals surface area contributed by atoms with Gasteiger partial charge in [-0.15, -0.1) is 0 Å². The highest BCUT2D eigenvalue weighted by Gasteiger charge is 2.34. The van der Waals surface area contributed by atoms with E-state index in [1.165, 1.54) is 0 Å². The first-order chi connectivity index (χ1) is 10.6. The van der Waals surface area contributed by atoms with E-state index in [0.29, 0.717) is 23.4 Å². The van der Waals surface area contributed by atoms with E-state index >= 15 is 0 Å². The number of pyridine rings is 1. The number of nitrogens with two attached hydrogens (primary N) is 1. The van der Waals surface area contributed by atoms with Crippen molar-refractivity contribution in [3.8, 4) is 0 Å². The summed E-state index contributed by atoms with van der Waals surface area (Å²) >= 11 is 0. The molecule has 1 unspecified atom stereocenters. The SMILES string of the molecule is Nc1ccc2c(c1)C(c1ccc3c(n1)CCCC3=O)C(=O)N2. The van der Waals surface area contributed by atoms with Crippen molar-refractivity contribution in [2.45, 2.75) is 25.2 Å². The van der Waals surface area contributed by atoms with Crippen molar-refractivity contribution in [2.75, 3.05) is 11.1 Å². The molecule has 4 rings (SSSR count). The number of aryl methyl sites for hydroxylation is 1. The first kappa shape index (κ1) is 13.0. The molecule has 1 aliphatic heterocycles. The molecule has 22 heavy (non-hydrogen) atoms. The zero-order valence-corrected chi connectivity index (χ0v) is 11.9. The molecule has 1 amide bonds. The summed E-state index contributed by atoms with van der Waals surface area (Å²) < 4.78 is 0. The molecule has 5 nitrogen and oxygen atoms in total. The molecule has 5 heteroatoms. The molecule has 1 aliphatic carbocycles. The number of hydrogen-bond acceptors (Lipinski definition) is 4. The molecule has 2 aromatic rings. The molecule has 3 N–H and O–H groups in total. The summed E-state index contributed by atoms with van der Waals surface area (Å²) in [6, 6.07) is 8.97. The lowest BCUT2D eigenvalue weighted by Gasteiger charge is -2.16. The Morgan fingerprint density at radius 3 is 2.86 bits per heavy atom. The van der Waals surface area contributed by atoms with Crippen molar-refractivity contribution in [1.29, 1.82) is 0 Å². The van der Waals surface area contributed by atoms with Crippen LogP contribution < -0.4 is 11.1 Å². The minimum absolute atomic E-state index is 0.102. The Bertz CT molecular complexity index is 814. The number of carbonyl (C=O) groups is 2. The largest absolute Gasteiger partial charge is 0.399 e. The second-order valence-corrected chi connectivity index (χ2v) is 5.78. The Labute approximate surface area is 127 Å². The Morgan fingerprint density at radius 1 is 1.14 bits per heavy atom. The van der Waals surface area contributed by atoms with Crippen LogP contribution in [0.25, 0.3) is 0 Å². The molecule has 0 radical (unpaired) electrons. The highest BCUT2D eigenvalue weighted by atomic mass is 16.2. The molecule has 0 saturated carbocycles. The molecule has 0 saturated heterocycles. The maximum absolute atomic E-state index is 12.3. The average molecular weight is 293 g/mol. The van der Waals surface area contributed by atoms with Gasteiger partial charge in [-0.2, -0.15) is 0 Å². The maximum atomic E-state index is 12.3. The number of hydrogen-bond donors (Lipinski definition) is 2. The fourth-order valence-electron chi connectivity index (χ4n) is 3.25. The van der Waals surface area contributed by atoms with Gasteiger partial charge in [0.15, 0.2) is 5.78 Å². The lowest BCUT2D eigenvalue weighted by Crippen LogP contribution is -2.18. The molecule has 0 spiro atoms. The summed E-state index contributed by atoms with van der Waals surface area (Å²) in [5.74, 6) is -0.420. The number of carbonyl (C=O) groups excluding carboxylic acids is 2. The van der Waals surface area contributed by atoms with Gasteiger partial charge in [-0.1, -0.05) is 0 Å². The maximum Gasteiger partial charge on any atom is 0.238 e. The summed E-state index contributed by atoms with van der Waals surface area (Å²) in [6.07, 6.45) is 2.19. The van der Waals surface area contributed by atoms with E-state index < -0.39 is 5.92 Å². The molecule has 1 aromatic carbocycles. The number of Topliss-reactive ketones (excluding diaryl/α,β-unsaturated/α-hetero) is 1. The number of rotatable bonds is 1. The van der Waals surface area contributed by atoms with Gasteiger partial charge in [0.1, 0.15) is 5.92 Å². The molecule has 110 valence electrons. The molecule has 1 aromatic heterocycles. The van der Waals surface area contributed by atoms with Crippen molar-refractivity contribution in [3.63, 3.8) is 0 Å². The molecule has 1 atom stereocenters. The lowest BCUT2D eigenvalue weighted by atomic mass is 9.91. The second kappa shape index (κ2) is 4.66. The molecule has 0 fully saturated rings. The van der Waals surface area contributed by atoms with Gasteiger partial charge in [-0.3, -0.25) is 14.6 Å². The summed E-state index contributed by atoms with van der Waals surface area (Å²) in [6.45, 7) is 0. The number of nitrogen functional groups attached to an aromatic ring is 1. The van der Waals surface area contributed by atoms with Crippen LogP contribution in [0.2, 0.25) is 0 Å². The van der Waals surface area contributed by atoms with Gasteiger partial charge in [0, 0.05) is 23.4 Å². The van der Waals surface area contributed by atoms with Crippen LogP contribution in [-0.2, 0) is 11.2 Å². The summed E-state index contributed by atoms with van der Waals surface area (Å²) in [5.41, 5.74) is 10.3. The summed E-state index contributed by atoms with van der Waals surface area (Å²) in [5, 5.41) is 2.86. The third-order valence-electron chi connectivity index (χ3n) is 4.32.